The van der Waals surface area contributed by atoms with Crippen LogP contribution >= 0.6 is 15.9 Å². The minimum absolute atomic E-state index is 0.0812. The van der Waals surface area contributed by atoms with E-state index in [1.54, 1.807) is 0 Å². The molecule has 14 heavy (non-hydrogen) atoms. The summed E-state index contributed by atoms with van der Waals surface area (Å²) in [7, 11) is 0. The molecule has 0 amide bonds. The second-order valence-electron chi connectivity index (χ2n) is 2.34. The number of hydrogen-bond acceptors (Lipinski definition) is 4. The molecule has 7 heteroatoms. The molecule has 0 aromatic carbocycles. The van der Waals surface area contributed by atoms with Crippen LogP contribution in [0.25, 0.3) is 0 Å². The quantitative estimate of drug-likeness (QED) is 0.386. The van der Waals surface area contributed by atoms with Crippen LogP contribution in [0.2, 0.25) is 0 Å². The average molecular weight is 263 g/mol. The zero-order chi connectivity index (χ0) is 10.6. The number of hydrogen-bond donors (Lipinski definition) is 1. The van der Waals surface area contributed by atoms with Gasteiger partial charge in [-0.3, -0.25) is 0 Å². The van der Waals surface area contributed by atoms with Gasteiger partial charge in [-0.15, -0.1) is 0 Å². The van der Waals surface area contributed by atoms with Crippen molar-refractivity contribution in [3.8, 4) is 0 Å². The Morgan fingerprint density at radius 1 is 1.64 bits per heavy atom. The summed E-state index contributed by atoms with van der Waals surface area (Å²) in [5, 5.41) is 10.8. The molecule has 0 atom stereocenters. The van der Waals surface area contributed by atoms with Crippen LogP contribution in [0.4, 0.5) is 5.82 Å². The smallest absolute Gasteiger partial charge is 0.378 e. The molecule has 0 spiro atoms. The van der Waals surface area contributed by atoms with Gasteiger partial charge in [0, 0.05) is 17.5 Å². The number of ether oxygens (including phenoxy) is 1. The van der Waals surface area contributed by atoms with Gasteiger partial charge in [-0.2, -0.15) is 0 Å². The fraction of sp³-hybridized carbons (Fsp3) is 0.286. The van der Waals surface area contributed by atoms with E-state index in [-0.39, 0.29) is 18.1 Å². The number of nitro groups is 1. The van der Waals surface area contributed by atoms with Gasteiger partial charge in [0.15, 0.2) is 0 Å². The molecule has 1 aromatic rings. The maximum Gasteiger partial charge on any atom is 0.378 e. The van der Waals surface area contributed by atoms with Crippen molar-refractivity contribution >= 4 is 27.7 Å². The number of carbonyl (C=O) groups is 1. The predicted molar refractivity (Wildman–Crippen MR) is 51.5 cm³/mol. The summed E-state index contributed by atoms with van der Waals surface area (Å²) >= 11 is 3.08. The summed E-state index contributed by atoms with van der Waals surface area (Å²) < 4.78 is 4.73. The molecule has 76 valence electrons. The monoisotopic (exact) mass is 262 g/mol. The van der Waals surface area contributed by atoms with E-state index < -0.39 is 10.9 Å². The molecular formula is C7H7BrN2O4. The van der Waals surface area contributed by atoms with E-state index in [9.17, 15) is 14.9 Å². The molecule has 0 saturated carbocycles. The highest BCUT2D eigenvalue weighted by Crippen LogP contribution is 2.10. The van der Waals surface area contributed by atoms with E-state index in [0.29, 0.717) is 5.33 Å². The van der Waals surface area contributed by atoms with E-state index >= 15 is 0 Å². The topological polar surface area (TPSA) is 85.2 Å². The number of aromatic nitrogens is 1. The Balaban J connectivity index is 2.66. The lowest BCUT2D eigenvalue weighted by molar-refractivity contribution is -0.389. The number of carbonyl (C=O) groups excluding carboxylic acids is 1. The van der Waals surface area contributed by atoms with Gasteiger partial charge in [0.1, 0.15) is 6.61 Å². The van der Waals surface area contributed by atoms with Crippen molar-refractivity contribution in [1.29, 1.82) is 0 Å². The van der Waals surface area contributed by atoms with Gasteiger partial charge in [0.05, 0.1) is 0 Å². The van der Waals surface area contributed by atoms with Gasteiger partial charge in [-0.1, -0.05) is 15.9 Å². The minimum atomic E-state index is -0.610. The van der Waals surface area contributed by atoms with Gasteiger partial charge in [0.2, 0.25) is 5.69 Å². The first kappa shape index (κ1) is 10.7. The molecule has 0 aliphatic rings. The third-order valence-corrected chi connectivity index (χ3v) is 1.72. The zero-order valence-electron chi connectivity index (χ0n) is 7.03. The number of nitrogens with one attached hydrogen (secondary N) is 1. The van der Waals surface area contributed by atoms with Gasteiger partial charge in [0.25, 0.3) is 0 Å². The van der Waals surface area contributed by atoms with E-state index in [4.69, 9.17) is 4.74 Å². The minimum Gasteiger partial charge on any atom is -0.459 e. The number of rotatable bonds is 4. The molecule has 0 unspecified atom stereocenters. The second-order valence-corrected chi connectivity index (χ2v) is 3.13. The van der Waals surface area contributed by atoms with E-state index in [2.05, 4.69) is 20.9 Å². The summed E-state index contributed by atoms with van der Waals surface area (Å²) in [6, 6.07) is 2.53. The number of esters is 1. The maximum atomic E-state index is 11.1. The summed E-state index contributed by atoms with van der Waals surface area (Å²) in [5.41, 5.74) is 0.0812. The first-order chi connectivity index (χ1) is 6.65. The lowest BCUT2D eigenvalue weighted by Crippen LogP contribution is -2.07. The zero-order valence-corrected chi connectivity index (χ0v) is 8.61. The summed E-state index contributed by atoms with van der Waals surface area (Å²) in [6.07, 6.45) is 0. The normalized spacial score (nSPS) is 9.79. The molecule has 1 rings (SSSR count). The standard InChI is InChI=1S/C7H7BrN2O4/c8-3-4-14-7(11)5-1-2-6(9-5)10(12)13/h1-2,9H,3-4H2. The highest BCUT2D eigenvalue weighted by atomic mass is 79.9. The Morgan fingerprint density at radius 3 is 2.86 bits per heavy atom. The molecule has 0 saturated heterocycles. The third-order valence-electron chi connectivity index (χ3n) is 1.40. The molecule has 6 nitrogen and oxygen atoms in total. The van der Waals surface area contributed by atoms with Crippen LogP contribution < -0.4 is 0 Å². The molecule has 0 radical (unpaired) electrons. The Labute approximate surface area is 87.5 Å². The van der Waals surface area contributed by atoms with Crippen LogP contribution in [0.15, 0.2) is 12.1 Å². The Kier molecular flexibility index (Phi) is 3.63. The van der Waals surface area contributed by atoms with Gasteiger partial charge >= 0.3 is 11.8 Å². The fourth-order valence-electron chi connectivity index (χ4n) is 0.818. The van der Waals surface area contributed by atoms with Crippen LogP contribution in [0.5, 0.6) is 0 Å². The van der Waals surface area contributed by atoms with E-state index in [1.807, 2.05) is 0 Å². The van der Waals surface area contributed by atoms with Gasteiger partial charge in [-0.05, 0) is 4.92 Å². The summed E-state index contributed by atoms with van der Waals surface area (Å²) in [4.78, 5) is 23.1. The number of H-pyrrole nitrogens is 1. The molecule has 0 aliphatic carbocycles. The van der Waals surface area contributed by atoms with Crippen molar-refractivity contribution in [2.45, 2.75) is 0 Å². The van der Waals surface area contributed by atoms with E-state index in [0.717, 1.165) is 0 Å². The lowest BCUT2D eigenvalue weighted by atomic mass is 10.4. The Morgan fingerprint density at radius 2 is 2.36 bits per heavy atom. The largest absolute Gasteiger partial charge is 0.459 e. The van der Waals surface area contributed by atoms with Gasteiger partial charge in [-0.25, -0.2) is 9.78 Å². The second kappa shape index (κ2) is 4.75. The predicted octanol–water partition coefficient (Wildman–Crippen LogP) is 1.47. The molecular weight excluding hydrogens is 256 g/mol. The van der Waals surface area contributed by atoms with Crippen LogP contribution in [-0.2, 0) is 4.74 Å². The lowest BCUT2D eigenvalue weighted by Gasteiger charge is -1.96. The summed E-state index contributed by atoms with van der Waals surface area (Å²) in [6.45, 7) is 0.228. The van der Waals surface area contributed by atoms with Crippen molar-refractivity contribution in [2.24, 2.45) is 0 Å². The first-order valence-electron chi connectivity index (χ1n) is 3.71. The van der Waals surface area contributed by atoms with Crippen LogP contribution in [0, 0.1) is 10.1 Å². The fourth-order valence-corrected chi connectivity index (χ4v) is 0.980. The molecule has 1 N–H and O–H groups in total. The molecule has 0 aliphatic heterocycles. The molecule has 1 aromatic heterocycles. The van der Waals surface area contributed by atoms with Crippen molar-refractivity contribution in [2.75, 3.05) is 11.9 Å². The number of nitrogens with zero attached hydrogens (tertiary/aromatic N) is 1. The third kappa shape index (κ3) is 2.56. The number of aromatic amines is 1. The van der Waals surface area contributed by atoms with Crippen molar-refractivity contribution in [3.05, 3.63) is 27.9 Å². The average Bonchev–Trinajstić information content (AvgIpc) is 2.62. The van der Waals surface area contributed by atoms with Crippen molar-refractivity contribution in [1.82, 2.24) is 4.98 Å². The van der Waals surface area contributed by atoms with Crippen LogP contribution in [0.1, 0.15) is 10.5 Å². The number of halogens is 1. The SMILES string of the molecule is O=C(OCCBr)c1ccc([N+](=O)[O-])[nH]1. The van der Waals surface area contributed by atoms with Crippen LogP contribution in [0.3, 0.4) is 0 Å². The van der Waals surface area contributed by atoms with Gasteiger partial charge < -0.3 is 14.9 Å². The molecule has 1 heterocycles. The Hall–Kier alpha value is -1.37. The Bertz CT molecular complexity index is 349. The maximum absolute atomic E-state index is 11.1. The van der Waals surface area contributed by atoms with Crippen molar-refractivity contribution < 1.29 is 14.5 Å². The van der Waals surface area contributed by atoms with E-state index in [1.165, 1.54) is 12.1 Å². The van der Waals surface area contributed by atoms with Crippen LogP contribution in [-0.4, -0.2) is 27.8 Å². The molecule has 0 fully saturated rings. The highest BCUT2D eigenvalue weighted by molar-refractivity contribution is 9.09. The van der Waals surface area contributed by atoms with Crippen molar-refractivity contribution in [3.63, 3.8) is 0 Å². The number of alkyl halides is 1. The highest BCUT2D eigenvalue weighted by Gasteiger charge is 2.15. The first-order valence-corrected chi connectivity index (χ1v) is 4.84. The molecule has 0 bridgehead atoms. The summed E-state index contributed by atoms with van der Waals surface area (Å²) in [5.74, 6) is -0.826.